The Kier molecular flexibility index (Phi) is 7.22. The molecule has 8 nitrogen and oxygen atoms in total. The summed E-state index contributed by atoms with van der Waals surface area (Å²) < 4.78 is 11.8. The number of likely N-dealkylation sites (tertiary alicyclic amines) is 1. The molecule has 1 N–H and O–H groups in total. The van der Waals surface area contributed by atoms with E-state index in [-0.39, 0.29) is 17.6 Å². The van der Waals surface area contributed by atoms with Crippen molar-refractivity contribution in [3.63, 3.8) is 0 Å². The van der Waals surface area contributed by atoms with E-state index >= 15 is 0 Å². The summed E-state index contributed by atoms with van der Waals surface area (Å²) in [6, 6.07) is 8.12. The highest BCUT2D eigenvalue weighted by atomic mass is 16.6. The first-order chi connectivity index (χ1) is 17.4. The lowest BCUT2D eigenvalue weighted by Crippen LogP contribution is -2.41. The van der Waals surface area contributed by atoms with E-state index in [0.717, 1.165) is 40.6 Å². The number of piperidine rings is 1. The summed E-state index contributed by atoms with van der Waals surface area (Å²) in [5.74, 6) is -0.0959. The highest BCUT2D eigenvalue weighted by Crippen LogP contribution is 2.38. The number of carbonyl (C=O) groups is 2. The second kappa shape index (κ2) is 10.1. The number of carbonyl (C=O) groups excluding carboxylic acids is 2. The highest BCUT2D eigenvalue weighted by molar-refractivity contribution is 5.94. The maximum atomic E-state index is 12.5. The smallest absolute Gasteiger partial charge is 0.410 e. The summed E-state index contributed by atoms with van der Waals surface area (Å²) in [6.45, 7) is 11.3. The van der Waals surface area contributed by atoms with Crippen LogP contribution in [-0.4, -0.2) is 52.3 Å². The molecule has 0 atom stereocenters. The van der Waals surface area contributed by atoms with Crippen molar-refractivity contribution in [2.75, 3.05) is 20.2 Å². The van der Waals surface area contributed by atoms with Crippen LogP contribution in [0.3, 0.4) is 0 Å². The molecule has 0 aliphatic carbocycles. The molecule has 1 amide bonds. The predicted molar refractivity (Wildman–Crippen MR) is 144 cm³/mol. The molecule has 1 saturated heterocycles. The van der Waals surface area contributed by atoms with Crippen LogP contribution in [0.5, 0.6) is 0 Å². The first-order valence-corrected chi connectivity index (χ1v) is 12.8. The van der Waals surface area contributed by atoms with Gasteiger partial charge in [-0.05, 0) is 74.8 Å². The Morgan fingerprint density at radius 2 is 1.78 bits per heavy atom. The van der Waals surface area contributed by atoms with E-state index in [1.54, 1.807) is 24.2 Å². The number of aromatic amines is 1. The van der Waals surface area contributed by atoms with E-state index in [4.69, 9.17) is 9.47 Å². The number of methoxy groups -OCH3 is 1. The van der Waals surface area contributed by atoms with Gasteiger partial charge in [0.25, 0.3) is 5.56 Å². The largest absolute Gasteiger partial charge is 0.465 e. The van der Waals surface area contributed by atoms with Gasteiger partial charge in [-0.3, -0.25) is 4.79 Å². The third-order valence-electron chi connectivity index (χ3n) is 6.94. The van der Waals surface area contributed by atoms with Crippen molar-refractivity contribution in [3.05, 3.63) is 57.5 Å². The van der Waals surface area contributed by atoms with Gasteiger partial charge in [0.15, 0.2) is 0 Å². The standard InChI is InChI=1S/C29H37N3O5/c1-17(2)24-21-14-19(18-10-12-32(13-11-18)28(35)37-29(3,4)5)8-9-23(21)30-25(24)20-15-22(27(34)36-7)26(33)31(6)16-20/h8-9,14-18,30H,10-13H2,1-7H3. The number of nitrogens with zero attached hydrogens (tertiary/aromatic N) is 2. The zero-order valence-electron chi connectivity index (χ0n) is 22.8. The Morgan fingerprint density at radius 3 is 2.38 bits per heavy atom. The van der Waals surface area contributed by atoms with Crippen LogP contribution < -0.4 is 5.56 Å². The van der Waals surface area contributed by atoms with Gasteiger partial charge in [0.1, 0.15) is 11.2 Å². The van der Waals surface area contributed by atoms with Gasteiger partial charge < -0.3 is 23.9 Å². The summed E-state index contributed by atoms with van der Waals surface area (Å²) in [4.78, 5) is 42.5. The molecule has 0 bridgehead atoms. The molecule has 0 spiro atoms. The Bertz CT molecular complexity index is 1390. The molecular weight excluding hydrogens is 470 g/mol. The zero-order valence-corrected chi connectivity index (χ0v) is 22.8. The summed E-state index contributed by atoms with van der Waals surface area (Å²) in [5.41, 5.74) is 4.16. The molecule has 0 saturated carbocycles. The molecule has 3 heterocycles. The molecule has 1 fully saturated rings. The molecule has 2 aromatic heterocycles. The summed E-state index contributed by atoms with van der Waals surface area (Å²) in [5, 5.41) is 1.13. The molecule has 0 radical (unpaired) electrons. The average Bonchev–Trinajstić information content (AvgIpc) is 3.23. The first kappa shape index (κ1) is 26.5. The van der Waals surface area contributed by atoms with Gasteiger partial charge >= 0.3 is 12.1 Å². The van der Waals surface area contributed by atoms with Crippen molar-refractivity contribution in [2.24, 2.45) is 7.05 Å². The zero-order chi connectivity index (χ0) is 27.1. The number of hydrogen-bond donors (Lipinski definition) is 1. The lowest BCUT2D eigenvalue weighted by atomic mass is 9.87. The minimum Gasteiger partial charge on any atom is -0.465 e. The van der Waals surface area contributed by atoms with Gasteiger partial charge in [-0.2, -0.15) is 0 Å². The number of amides is 1. The Labute approximate surface area is 217 Å². The number of pyridine rings is 1. The minimum absolute atomic E-state index is 0.00768. The van der Waals surface area contributed by atoms with Crippen LogP contribution in [0.4, 0.5) is 4.79 Å². The number of aryl methyl sites for hydroxylation is 1. The molecule has 1 aliphatic rings. The predicted octanol–water partition coefficient (Wildman–Crippen LogP) is 5.56. The van der Waals surface area contributed by atoms with Gasteiger partial charge in [-0.25, -0.2) is 9.59 Å². The molecule has 198 valence electrons. The van der Waals surface area contributed by atoms with Crippen molar-refractivity contribution in [2.45, 2.75) is 64.9 Å². The van der Waals surface area contributed by atoms with E-state index in [0.29, 0.717) is 19.0 Å². The quantitative estimate of drug-likeness (QED) is 0.467. The second-order valence-electron chi connectivity index (χ2n) is 11.2. The summed E-state index contributed by atoms with van der Waals surface area (Å²) in [6.07, 6.45) is 3.26. The van der Waals surface area contributed by atoms with E-state index < -0.39 is 17.1 Å². The van der Waals surface area contributed by atoms with E-state index in [1.165, 1.54) is 17.2 Å². The fraction of sp³-hybridized carbons (Fsp3) is 0.483. The molecular formula is C29H37N3O5. The summed E-state index contributed by atoms with van der Waals surface area (Å²) in [7, 11) is 2.91. The third-order valence-corrected chi connectivity index (χ3v) is 6.94. The van der Waals surface area contributed by atoms with E-state index in [1.807, 2.05) is 20.8 Å². The van der Waals surface area contributed by atoms with Gasteiger partial charge in [-0.15, -0.1) is 0 Å². The van der Waals surface area contributed by atoms with Crippen LogP contribution in [-0.2, 0) is 16.5 Å². The lowest BCUT2D eigenvalue weighted by Gasteiger charge is -2.33. The highest BCUT2D eigenvalue weighted by Gasteiger charge is 2.28. The van der Waals surface area contributed by atoms with E-state index in [2.05, 4.69) is 37.0 Å². The summed E-state index contributed by atoms with van der Waals surface area (Å²) >= 11 is 0. The van der Waals surface area contributed by atoms with Crippen LogP contribution >= 0.6 is 0 Å². The number of fused-ring (bicyclic) bond motifs is 1. The van der Waals surface area contributed by atoms with Crippen molar-refractivity contribution in [1.82, 2.24) is 14.5 Å². The third kappa shape index (κ3) is 5.43. The van der Waals surface area contributed by atoms with Crippen molar-refractivity contribution in [3.8, 4) is 11.3 Å². The van der Waals surface area contributed by atoms with Crippen molar-refractivity contribution < 1.29 is 19.1 Å². The molecule has 1 aliphatic heterocycles. The van der Waals surface area contributed by atoms with Crippen molar-refractivity contribution >= 4 is 23.0 Å². The Balaban J connectivity index is 1.67. The number of ether oxygens (including phenoxy) is 2. The van der Waals surface area contributed by atoms with Crippen molar-refractivity contribution in [1.29, 1.82) is 0 Å². The van der Waals surface area contributed by atoms with Gasteiger partial charge in [0.05, 0.1) is 12.8 Å². The Morgan fingerprint density at radius 1 is 1.11 bits per heavy atom. The number of rotatable bonds is 4. The van der Waals surface area contributed by atoms with Gasteiger partial charge in [0.2, 0.25) is 0 Å². The molecule has 0 unspecified atom stereocenters. The molecule has 3 aromatic rings. The average molecular weight is 508 g/mol. The molecule has 1 aromatic carbocycles. The number of benzene rings is 1. The molecule has 37 heavy (non-hydrogen) atoms. The van der Waals surface area contributed by atoms with Crippen LogP contribution in [0, 0.1) is 0 Å². The van der Waals surface area contributed by atoms with E-state index in [9.17, 15) is 14.4 Å². The normalized spacial score (nSPS) is 14.9. The second-order valence-corrected chi connectivity index (χ2v) is 11.2. The van der Waals surface area contributed by atoms with Gasteiger partial charge in [-0.1, -0.05) is 19.9 Å². The van der Waals surface area contributed by atoms with Crippen LogP contribution in [0.25, 0.3) is 22.2 Å². The topological polar surface area (TPSA) is 93.6 Å². The number of aromatic nitrogens is 2. The minimum atomic E-state index is -0.648. The number of nitrogens with one attached hydrogen (secondary N) is 1. The van der Waals surface area contributed by atoms with Crippen LogP contribution in [0.2, 0.25) is 0 Å². The monoisotopic (exact) mass is 507 g/mol. The fourth-order valence-electron chi connectivity index (χ4n) is 5.14. The molecule has 8 heteroatoms. The maximum absolute atomic E-state index is 12.5. The maximum Gasteiger partial charge on any atom is 0.410 e. The number of H-pyrrole nitrogens is 1. The Hall–Kier alpha value is -3.55. The SMILES string of the molecule is COC(=O)c1cc(-c2[nH]c3ccc(C4CCN(C(=O)OC(C)(C)C)CC4)cc3c2C(C)C)cn(C)c1=O. The van der Waals surface area contributed by atoms with Crippen LogP contribution in [0.1, 0.15) is 80.8 Å². The molecule has 4 rings (SSSR count). The fourth-order valence-corrected chi connectivity index (χ4v) is 5.14. The number of hydrogen-bond acceptors (Lipinski definition) is 5. The first-order valence-electron chi connectivity index (χ1n) is 12.8. The van der Waals surface area contributed by atoms with Gasteiger partial charge in [0, 0.05) is 42.8 Å². The van der Waals surface area contributed by atoms with Crippen LogP contribution in [0.15, 0.2) is 35.3 Å². The number of esters is 1. The lowest BCUT2D eigenvalue weighted by molar-refractivity contribution is 0.0204.